The first-order chi connectivity index (χ1) is 20.0. The Labute approximate surface area is 252 Å². The molecule has 5 nitrogen and oxygen atoms in total. The summed E-state index contributed by atoms with van der Waals surface area (Å²) in [5, 5.41) is 14.5. The highest BCUT2D eigenvalue weighted by Crippen LogP contribution is 2.38. The lowest BCUT2D eigenvalue weighted by atomic mass is 9.88. The van der Waals surface area contributed by atoms with Gasteiger partial charge in [0.2, 0.25) is 0 Å². The SMILES string of the molecule is CC(C)(CO[Si](c1ccccc1)(c1ccccc1)C(C)(C)C)C(=N)/C=C(/N)Nc1cccc(OCc2ccccc2)c1. The first-order valence-electron chi connectivity index (χ1n) is 14.4. The van der Waals surface area contributed by atoms with Gasteiger partial charge in [-0.05, 0) is 39.2 Å². The molecule has 4 aromatic rings. The van der Waals surface area contributed by atoms with Crippen LogP contribution in [0.25, 0.3) is 0 Å². The molecular formula is C36H43N3O2Si. The lowest BCUT2D eigenvalue weighted by Crippen LogP contribution is -2.67. The van der Waals surface area contributed by atoms with Gasteiger partial charge in [-0.25, -0.2) is 0 Å². The van der Waals surface area contributed by atoms with Gasteiger partial charge in [0.25, 0.3) is 8.32 Å². The van der Waals surface area contributed by atoms with E-state index in [1.165, 1.54) is 10.4 Å². The Hall–Kier alpha value is -4.13. The van der Waals surface area contributed by atoms with Crippen molar-refractivity contribution >= 4 is 30.1 Å². The van der Waals surface area contributed by atoms with Crippen LogP contribution in [-0.2, 0) is 11.0 Å². The monoisotopic (exact) mass is 577 g/mol. The van der Waals surface area contributed by atoms with Gasteiger partial charge in [-0.3, -0.25) is 0 Å². The number of ether oxygens (including phenoxy) is 1. The summed E-state index contributed by atoms with van der Waals surface area (Å²) >= 11 is 0. The number of hydrogen-bond donors (Lipinski definition) is 3. The molecule has 0 aromatic heterocycles. The molecule has 0 saturated heterocycles. The highest BCUT2D eigenvalue weighted by Gasteiger charge is 2.51. The van der Waals surface area contributed by atoms with Crippen molar-refractivity contribution in [2.24, 2.45) is 11.1 Å². The molecule has 0 unspecified atom stereocenters. The van der Waals surface area contributed by atoms with Gasteiger partial charge in [0.15, 0.2) is 0 Å². The van der Waals surface area contributed by atoms with E-state index in [2.05, 4.69) is 74.6 Å². The van der Waals surface area contributed by atoms with E-state index < -0.39 is 13.7 Å². The van der Waals surface area contributed by atoms with Crippen molar-refractivity contribution in [2.45, 2.75) is 46.3 Å². The molecule has 0 atom stereocenters. The molecule has 0 radical (unpaired) electrons. The molecule has 42 heavy (non-hydrogen) atoms. The molecule has 0 saturated carbocycles. The maximum Gasteiger partial charge on any atom is 0.261 e. The Kier molecular flexibility index (Phi) is 9.71. The van der Waals surface area contributed by atoms with Crippen LogP contribution in [0.4, 0.5) is 5.69 Å². The van der Waals surface area contributed by atoms with Crippen LogP contribution in [-0.4, -0.2) is 20.6 Å². The van der Waals surface area contributed by atoms with E-state index in [9.17, 15) is 0 Å². The van der Waals surface area contributed by atoms with Crippen LogP contribution in [0.5, 0.6) is 5.75 Å². The highest BCUT2D eigenvalue weighted by atomic mass is 28.4. The topological polar surface area (TPSA) is 80.4 Å². The molecule has 0 spiro atoms. The first-order valence-corrected chi connectivity index (χ1v) is 16.3. The maximum atomic E-state index is 8.98. The predicted molar refractivity (Wildman–Crippen MR) is 178 cm³/mol. The highest BCUT2D eigenvalue weighted by molar-refractivity contribution is 6.99. The van der Waals surface area contributed by atoms with Crippen molar-refractivity contribution < 1.29 is 9.16 Å². The molecule has 218 valence electrons. The summed E-state index contributed by atoms with van der Waals surface area (Å²) in [6.07, 6.45) is 1.69. The number of anilines is 1. The summed E-state index contributed by atoms with van der Waals surface area (Å²) < 4.78 is 13.1. The minimum Gasteiger partial charge on any atom is -0.489 e. The van der Waals surface area contributed by atoms with Gasteiger partial charge in [0.05, 0.1) is 0 Å². The fourth-order valence-corrected chi connectivity index (χ4v) is 9.82. The average Bonchev–Trinajstić information content (AvgIpc) is 2.97. The van der Waals surface area contributed by atoms with Crippen LogP contribution in [0, 0.1) is 10.8 Å². The molecule has 0 heterocycles. The van der Waals surface area contributed by atoms with Gasteiger partial charge in [-0.15, -0.1) is 0 Å². The van der Waals surface area contributed by atoms with E-state index in [-0.39, 0.29) is 5.04 Å². The fraction of sp³-hybridized carbons (Fsp3) is 0.250. The van der Waals surface area contributed by atoms with Gasteiger partial charge in [0, 0.05) is 29.5 Å². The number of hydrogen-bond acceptors (Lipinski definition) is 5. The van der Waals surface area contributed by atoms with E-state index in [0.717, 1.165) is 17.0 Å². The maximum absolute atomic E-state index is 8.98. The summed E-state index contributed by atoms with van der Waals surface area (Å²) in [5.41, 5.74) is 8.09. The largest absolute Gasteiger partial charge is 0.489 e. The smallest absolute Gasteiger partial charge is 0.261 e. The summed E-state index contributed by atoms with van der Waals surface area (Å²) in [4.78, 5) is 0. The lowest BCUT2D eigenvalue weighted by Gasteiger charge is -2.44. The van der Waals surface area contributed by atoms with Crippen LogP contribution < -0.4 is 26.2 Å². The van der Waals surface area contributed by atoms with Crippen LogP contribution in [0.15, 0.2) is 127 Å². The van der Waals surface area contributed by atoms with E-state index in [1.807, 2.05) is 80.6 Å². The third-order valence-electron chi connectivity index (χ3n) is 7.47. The Bertz CT molecular complexity index is 1440. The van der Waals surface area contributed by atoms with Crippen molar-refractivity contribution in [3.63, 3.8) is 0 Å². The molecule has 4 N–H and O–H groups in total. The van der Waals surface area contributed by atoms with Crippen molar-refractivity contribution in [3.05, 3.63) is 133 Å². The Morgan fingerprint density at radius 1 is 0.786 bits per heavy atom. The number of nitrogens with two attached hydrogens (primary N) is 1. The normalized spacial score (nSPS) is 12.5. The van der Waals surface area contributed by atoms with Gasteiger partial charge >= 0.3 is 0 Å². The van der Waals surface area contributed by atoms with Gasteiger partial charge in [0.1, 0.15) is 18.2 Å². The van der Waals surface area contributed by atoms with E-state index in [1.54, 1.807) is 6.08 Å². The summed E-state index contributed by atoms with van der Waals surface area (Å²) in [6.45, 7) is 11.7. The fourth-order valence-electron chi connectivity index (χ4n) is 5.09. The second-order valence-corrected chi connectivity index (χ2v) is 16.6. The Morgan fingerprint density at radius 3 is 1.88 bits per heavy atom. The van der Waals surface area contributed by atoms with Crippen LogP contribution in [0.2, 0.25) is 5.04 Å². The van der Waals surface area contributed by atoms with Gasteiger partial charge < -0.3 is 25.6 Å². The van der Waals surface area contributed by atoms with Gasteiger partial charge in [-0.1, -0.05) is 132 Å². The molecule has 0 amide bonds. The quantitative estimate of drug-likeness (QED) is 0.124. The average molecular weight is 578 g/mol. The zero-order valence-electron chi connectivity index (χ0n) is 25.4. The van der Waals surface area contributed by atoms with Gasteiger partial charge in [-0.2, -0.15) is 0 Å². The summed E-state index contributed by atoms with van der Waals surface area (Å²) in [6, 6.07) is 38.9. The third kappa shape index (κ3) is 7.38. The van der Waals surface area contributed by atoms with Crippen LogP contribution in [0.1, 0.15) is 40.2 Å². The molecule has 0 fully saturated rings. The van der Waals surface area contributed by atoms with Crippen LogP contribution in [0.3, 0.4) is 0 Å². The molecule has 0 aliphatic heterocycles. The standard InChI is InChI=1S/C36H43N3O2Si/c1-35(2,3)42(31-20-11-7-12-21-31,32-22-13-8-14-23-32)41-27-36(4,5)33(37)25-34(38)39-29-18-15-19-30(24-29)40-26-28-16-9-6-10-17-28/h6-25,37,39H,26-27,38H2,1-5H3/b34-25-,37-33?. The number of rotatable bonds is 12. The number of benzene rings is 4. The molecule has 0 bridgehead atoms. The minimum atomic E-state index is -2.72. The lowest BCUT2D eigenvalue weighted by molar-refractivity contribution is 0.222. The Balaban J connectivity index is 1.49. The van der Waals surface area contributed by atoms with Crippen molar-refractivity contribution in [3.8, 4) is 5.75 Å². The van der Waals surface area contributed by atoms with E-state index in [0.29, 0.717) is 24.7 Å². The minimum absolute atomic E-state index is 0.141. The van der Waals surface area contributed by atoms with Crippen molar-refractivity contribution in [2.75, 3.05) is 11.9 Å². The third-order valence-corrected chi connectivity index (χ3v) is 12.4. The molecule has 6 heteroatoms. The molecule has 4 rings (SSSR count). The molecule has 0 aliphatic carbocycles. The molecular weight excluding hydrogens is 535 g/mol. The van der Waals surface area contributed by atoms with E-state index in [4.69, 9.17) is 20.3 Å². The van der Waals surface area contributed by atoms with Crippen molar-refractivity contribution in [1.82, 2.24) is 0 Å². The Morgan fingerprint density at radius 2 is 1.33 bits per heavy atom. The predicted octanol–water partition coefficient (Wildman–Crippen LogP) is 7.10. The molecule has 0 aliphatic rings. The van der Waals surface area contributed by atoms with E-state index >= 15 is 0 Å². The van der Waals surface area contributed by atoms with Crippen LogP contribution >= 0.6 is 0 Å². The summed E-state index contributed by atoms with van der Waals surface area (Å²) in [7, 11) is -2.72. The number of allylic oxidation sites excluding steroid dienone is 1. The second kappa shape index (κ2) is 13.2. The first kappa shape index (κ1) is 30.8. The zero-order valence-corrected chi connectivity index (χ0v) is 26.4. The summed E-state index contributed by atoms with van der Waals surface area (Å²) in [5.74, 6) is 1.13. The number of nitrogens with one attached hydrogen (secondary N) is 2. The van der Waals surface area contributed by atoms with Crippen molar-refractivity contribution in [1.29, 1.82) is 5.41 Å². The molecule has 4 aromatic carbocycles. The second-order valence-electron chi connectivity index (χ2n) is 12.3. The zero-order chi connectivity index (χ0) is 30.2.